The first-order chi connectivity index (χ1) is 10.8. The minimum atomic E-state index is 0.355. The molecule has 2 atom stereocenters. The molecule has 0 spiro atoms. The van der Waals surface area contributed by atoms with Crippen LogP contribution in [0.2, 0.25) is 0 Å². The molecule has 116 valence electrons. The Labute approximate surface area is 135 Å². The van der Waals surface area contributed by atoms with Gasteiger partial charge in [0.15, 0.2) is 0 Å². The number of amides is 1. The third kappa shape index (κ3) is 2.66. The molecule has 3 nitrogen and oxygen atoms in total. The lowest BCUT2D eigenvalue weighted by molar-refractivity contribution is -0.130. The van der Waals surface area contributed by atoms with Crippen LogP contribution in [-0.2, 0) is 11.2 Å². The van der Waals surface area contributed by atoms with Crippen LogP contribution in [0.3, 0.4) is 0 Å². The van der Waals surface area contributed by atoms with Crippen molar-refractivity contribution in [3.8, 4) is 0 Å². The lowest BCUT2D eigenvalue weighted by Crippen LogP contribution is -2.31. The molecule has 0 saturated carbocycles. The van der Waals surface area contributed by atoms with Gasteiger partial charge < -0.3 is 10.2 Å². The van der Waals surface area contributed by atoms with E-state index in [1.807, 2.05) is 0 Å². The number of benzene rings is 1. The molecule has 0 unspecified atom stereocenters. The van der Waals surface area contributed by atoms with Crippen molar-refractivity contribution in [2.24, 2.45) is 11.8 Å². The molecule has 1 aromatic heterocycles. The van der Waals surface area contributed by atoms with Gasteiger partial charge in [0, 0.05) is 37.3 Å². The van der Waals surface area contributed by atoms with Gasteiger partial charge in [0.05, 0.1) is 0 Å². The average molecular weight is 314 g/mol. The van der Waals surface area contributed by atoms with Gasteiger partial charge in [-0.1, -0.05) is 18.2 Å². The summed E-state index contributed by atoms with van der Waals surface area (Å²) in [6.45, 7) is 4.13. The van der Waals surface area contributed by atoms with Crippen LogP contribution < -0.4 is 5.32 Å². The van der Waals surface area contributed by atoms with Crippen LogP contribution >= 0.6 is 11.3 Å². The van der Waals surface area contributed by atoms with Crippen molar-refractivity contribution in [3.63, 3.8) is 0 Å². The molecule has 0 radical (unpaired) electrons. The van der Waals surface area contributed by atoms with Gasteiger partial charge >= 0.3 is 0 Å². The number of carbonyl (C=O) groups excluding carboxylic acids is 1. The number of rotatable bonds is 4. The minimum Gasteiger partial charge on any atom is -0.342 e. The summed E-state index contributed by atoms with van der Waals surface area (Å²) in [5.41, 5.74) is 1.40. The van der Waals surface area contributed by atoms with Crippen molar-refractivity contribution in [3.05, 3.63) is 35.2 Å². The summed E-state index contributed by atoms with van der Waals surface area (Å²) < 4.78 is 1.35. The van der Waals surface area contributed by atoms with E-state index in [9.17, 15) is 4.79 Å². The number of hydrogen-bond acceptors (Lipinski definition) is 3. The van der Waals surface area contributed by atoms with Gasteiger partial charge in [-0.2, -0.15) is 0 Å². The highest BCUT2D eigenvalue weighted by atomic mass is 32.1. The first-order valence-electron chi connectivity index (χ1n) is 8.25. The number of carbonyl (C=O) groups is 1. The van der Waals surface area contributed by atoms with E-state index < -0.39 is 0 Å². The van der Waals surface area contributed by atoms with Crippen LogP contribution in [0.4, 0.5) is 0 Å². The number of nitrogens with one attached hydrogen (secondary N) is 1. The maximum absolute atomic E-state index is 12.4. The van der Waals surface area contributed by atoms with Gasteiger partial charge in [0.2, 0.25) is 5.91 Å². The van der Waals surface area contributed by atoms with Crippen molar-refractivity contribution in [1.29, 1.82) is 0 Å². The van der Waals surface area contributed by atoms with Gasteiger partial charge in [-0.25, -0.2) is 0 Å². The second-order valence-corrected chi connectivity index (χ2v) is 7.50. The lowest BCUT2D eigenvalue weighted by atomic mass is 10.0. The van der Waals surface area contributed by atoms with Crippen molar-refractivity contribution >= 4 is 27.3 Å². The molecule has 0 bridgehead atoms. The maximum atomic E-state index is 12.4. The third-order valence-electron chi connectivity index (χ3n) is 5.14. The summed E-state index contributed by atoms with van der Waals surface area (Å²) in [4.78, 5) is 14.5. The fourth-order valence-electron chi connectivity index (χ4n) is 3.87. The largest absolute Gasteiger partial charge is 0.342 e. The Kier molecular flexibility index (Phi) is 3.89. The van der Waals surface area contributed by atoms with Crippen molar-refractivity contribution in [1.82, 2.24) is 10.2 Å². The zero-order valence-electron chi connectivity index (χ0n) is 12.8. The Morgan fingerprint density at radius 2 is 2.00 bits per heavy atom. The molecule has 2 aliphatic heterocycles. The SMILES string of the molecule is O=C(CCCc1csc2ccccc12)N1C[C@H]2CNC[C@H]2C1. The molecule has 2 aliphatic rings. The molecule has 2 aromatic rings. The van der Waals surface area contributed by atoms with Gasteiger partial charge in [0.1, 0.15) is 0 Å². The molecule has 2 fully saturated rings. The van der Waals surface area contributed by atoms with Crippen LogP contribution in [-0.4, -0.2) is 37.0 Å². The van der Waals surface area contributed by atoms with Crippen molar-refractivity contribution in [2.45, 2.75) is 19.3 Å². The fourth-order valence-corrected chi connectivity index (χ4v) is 4.87. The molecule has 4 rings (SSSR count). The van der Waals surface area contributed by atoms with Gasteiger partial charge in [-0.15, -0.1) is 11.3 Å². The standard InChI is InChI=1S/C18H22N2OS/c21-18(20-10-14-8-19-9-15(14)11-20)7-3-4-13-12-22-17-6-2-1-5-16(13)17/h1-2,5-6,12,14-15,19H,3-4,7-11H2/t14-,15+. The van der Waals surface area contributed by atoms with Crippen LogP contribution in [0.1, 0.15) is 18.4 Å². The van der Waals surface area contributed by atoms with E-state index in [1.54, 1.807) is 11.3 Å². The molecular weight excluding hydrogens is 292 g/mol. The molecular formula is C18H22N2OS. The predicted molar refractivity (Wildman–Crippen MR) is 91.2 cm³/mol. The summed E-state index contributed by atoms with van der Waals surface area (Å²) in [5, 5.41) is 7.04. The maximum Gasteiger partial charge on any atom is 0.222 e. The van der Waals surface area contributed by atoms with Crippen molar-refractivity contribution in [2.75, 3.05) is 26.2 Å². The van der Waals surface area contributed by atoms with Crippen molar-refractivity contribution < 1.29 is 4.79 Å². The van der Waals surface area contributed by atoms with Crippen LogP contribution in [0, 0.1) is 11.8 Å². The molecule has 1 aromatic carbocycles. The fraction of sp³-hybridized carbons (Fsp3) is 0.500. The van der Waals surface area contributed by atoms with Crippen LogP contribution in [0.15, 0.2) is 29.6 Å². The number of hydrogen-bond donors (Lipinski definition) is 1. The Bertz CT molecular complexity index is 669. The monoisotopic (exact) mass is 314 g/mol. The first-order valence-corrected chi connectivity index (χ1v) is 9.13. The highest BCUT2D eigenvalue weighted by Gasteiger charge is 2.37. The Balaban J connectivity index is 1.31. The van der Waals surface area contributed by atoms with Gasteiger partial charge in [-0.3, -0.25) is 4.79 Å². The lowest BCUT2D eigenvalue weighted by Gasteiger charge is -2.17. The second kappa shape index (κ2) is 6.01. The first kappa shape index (κ1) is 14.2. The van der Waals surface area contributed by atoms with Crippen LogP contribution in [0.25, 0.3) is 10.1 Å². The number of fused-ring (bicyclic) bond motifs is 2. The molecule has 3 heterocycles. The quantitative estimate of drug-likeness (QED) is 0.941. The third-order valence-corrected chi connectivity index (χ3v) is 6.15. The smallest absolute Gasteiger partial charge is 0.222 e. The van der Waals surface area contributed by atoms with Gasteiger partial charge in [0.25, 0.3) is 0 Å². The molecule has 1 amide bonds. The Hall–Kier alpha value is -1.39. The molecule has 22 heavy (non-hydrogen) atoms. The number of thiophene rings is 1. The Morgan fingerprint density at radius 1 is 1.23 bits per heavy atom. The van der Waals surface area contributed by atoms with E-state index in [0.717, 1.165) is 39.0 Å². The average Bonchev–Trinajstić information content (AvgIpc) is 3.21. The van der Waals surface area contributed by atoms with E-state index in [1.165, 1.54) is 15.6 Å². The number of nitrogens with zero attached hydrogens (tertiary/aromatic N) is 1. The van der Waals surface area contributed by atoms with E-state index >= 15 is 0 Å². The minimum absolute atomic E-state index is 0.355. The predicted octanol–water partition coefficient (Wildman–Crippen LogP) is 2.90. The summed E-state index contributed by atoms with van der Waals surface area (Å²) in [6.07, 6.45) is 2.67. The highest BCUT2D eigenvalue weighted by Crippen LogP contribution is 2.28. The van der Waals surface area contributed by atoms with Crippen LogP contribution in [0.5, 0.6) is 0 Å². The van der Waals surface area contributed by atoms with E-state index in [0.29, 0.717) is 24.2 Å². The second-order valence-electron chi connectivity index (χ2n) is 6.59. The van der Waals surface area contributed by atoms with E-state index in [2.05, 4.69) is 39.9 Å². The molecule has 2 saturated heterocycles. The van der Waals surface area contributed by atoms with E-state index in [-0.39, 0.29) is 0 Å². The highest BCUT2D eigenvalue weighted by molar-refractivity contribution is 7.17. The zero-order chi connectivity index (χ0) is 14.9. The molecule has 0 aliphatic carbocycles. The Morgan fingerprint density at radius 3 is 2.82 bits per heavy atom. The molecule has 1 N–H and O–H groups in total. The number of aryl methyl sites for hydroxylation is 1. The van der Waals surface area contributed by atoms with Gasteiger partial charge in [-0.05, 0) is 47.1 Å². The number of likely N-dealkylation sites (tertiary alicyclic amines) is 1. The summed E-state index contributed by atoms with van der Waals surface area (Å²) in [7, 11) is 0. The summed E-state index contributed by atoms with van der Waals surface area (Å²) in [5.74, 6) is 1.75. The summed E-state index contributed by atoms with van der Waals surface area (Å²) >= 11 is 1.81. The summed E-state index contributed by atoms with van der Waals surface area (Å²) in [6, 6.07) is 8.55. The zero-order valence-corrected chi connectivity index (χ0v) is 13.6. The molecule has 4 heteroatoms. The topological polar surface area (TPSA) is 32.3 Å². The normalized spacial score (nSPS) is 24.1. The van der Waals surface area contributed by atoms with E-state index in [4.69, 9.17) is 0 Å².